The molecule has 0 saturated carbocycles. The SMILES string of the molecule is O=C1C(Nc2ccc(F)cc2)=C(c2cccs2)C(=O)N1c1ccc(F)cc1. The first-order valence-electron chi connectivity index (χ1n) is 7.99. The van der Waals surface area contributed by atoms with Gasteiger partial charge in [0.05, 0.1) is 11.3 Å². The van der Waals surface area contributed by atoms with Crippen LogP contribution in [0.4, 0.5) is 20.2 Å². The Morgan fingerprint density at radius 2 is 1.44 bits per heavy atom. The van der Waals surface area contributed by atoms with Gasteiger partial charge in [-0.05, 0) is 60.0 Å². The molecule has 1 aliphatic heterocycles. The highest BCUT2D eigenvalue weighted by atomic mass is 32.1. The van der Waals surface area contributed by atoms with Gasteiger partial charge in [0.2, 0.25) is 0 Å². The third-order valence-electron chi connectivity index (χ3n) is 4.05. The summed E-state index contributed by atoms with van der Waals surface area (Å²) in [7, 11) is 0. The molecule has 1 aliphatic rings. The van der Waals surface area contributed by atoms with Gasteiger partial charge in [0, 0.05) is 10.6 Å². The minimum absolute atomic E-state index is 0.0957. The lowest BCUT2D eigenvalue weighted by atomic mass is 10.2. The summed E-state index contributed by atoms with van der Waals surface area (Å²) in [4.78, 5) is 27.6. The molecular weight excluding hydrogens is 370 g/mol. The van der Waals surface area contributed by atoms with Gasteiger partial charge in [-0.2, -0.15) is 0 Å². The second-order valence-corrected chi connectivity index (χ2v) is 6.73. The van der Waals surface area contributed by atoms with Crippen LogP contribution in [0.3, 0.4) is 0 Å². The highest BCUT2D eigenvalue weighted by molar-refractivity contribution is 7.11. The van der Waals surface area contributed by atoms with E-state index < -0.39 is 23.4 Å². The smallest absolute Gasteiger partial charge is 0.282 e. The minimum Gasteiger partial charge on any atom is -0.350 e. The molecule has 0 fully saturated rings. The number of hydrogen-bond donors (Lipinski definition) is 1. The lowest BCUT2D eigenvalue weighted by Crippen LogP contribution is -2.32. The van der Waals surface area contributed by atoms with Crippen molar-refractivity contribution in [3.8, 4) is 0 Å². The first-order valence-corrected chi connectivity index (χ1v) is 8.87. The molecular formula is C20H12F2N2O2S. The Hall–Kier alpha value is -3.32. The fraction of sp³-hybridized carbons (Fsp3) is 0. The lowest BCUT2D eigenvalue weighted by Gasteiger charge is -2.15. The van der Waals surface area contributed by atoms with Crippen molar-refractivity contribution in [1.29, 1.82) is 0 Å². The number of amides is 2. The van der Waals surface area contributed by atoms with E-state index in [4.69, 9.17) is 0 Å². The molecule has 2 aromatic carbocycles. The molecule has 27 heavy (non-hydrogen) atoms. The Morgan fingerprint density at radius 1 is 0.815 bits per heavy atom. The molecule has 1 N–H and O–H groups in total. The number of hydrogen-bond acceptors (Lipinski definition) is 4. The zero-order valence-electron chi connectivity index (χ0n) is 13.8. The van der Waals surface area contributed by atoms with Crippen LogP contribution in [0.5, 0.6) is 0 Å². The van der Waals surface area contributed by atoms with Crippen LogP contribution in [0.15, 0.2) is 71.7 Å². The molecule has 1 aromatic heterocycles. The maximum Gasteiger partial charge on any atom is 0.282 e. The maximum atomic E-state index is 13.2. The zero-order chi connectivity index (χ0) is 19.0. The van der Waals surface area contributed by atoms with E-state index in [0.717, 1.165) is 4.90 Å². The highest BCUT2D eigenvalue weighted by Gasteiger charge is 2.40. The maximum absolute atomic E-state index is 13.2. The predicted octanol–water partition coefficient (Wildman–Crippen LogP) is 4.42. The van der Waals surface area contributed by atoms with Crippen molar-refractivity contribution >= 4 is 40.1 Å². The summed E-state index contributed by atoms with van der Waals surface area (Å²) in [6.45, 7) is 0. The summed E-state index contributed by atoms with van der Waals surface area (Å²) in [6.07, 6.45) is 0. The first-order chi connectivity index (χ1) is 13.0. The van der Waals surface area contributed by atoms with Gasteiger partial charge >= 0.3 is 0 Å². The Balaban J connectivity index is 1.78. The highest BCUT2D eigenvalue weighted by Crippen LogP contribution is 2.35. The van der Waals surface area contributed by atoms with Crippen LogP contribution >= 0.6 is 11.3 Å². The van der Waals surface area contributed by atoms with E-state index >= 15 is 0 Å². The fourth-order valence-electron chi connectivity index (χ4n) is 2.80. The topological polar surface area (TPSA) is 49.4 Å². The summed E-state index contributed by atoms with van der Waals surface area (Å²) < 4.78 is 26.4. The van der Waals surface area contributed by atoms with Crippen LogP contribution < -0.4 is 10.2 Å². The van der Waals surface area contributed by atoms with Crippen molar-refractivity contribution in [2.75, 3.05) is 10.2 Å². The summed E-state index contributed by atoms with van der Waals surface area (Å²) in [6, 6.07) is 14.1. The van der Waals surface area contributed by atoms with Gasteiger partial charge in [-0.3, -0.25) is 9.59 Å². The van der Waals surface area contributed by atoms with E-state index in [1.807, 2.05) is 0 Å². The molecule has 2 amide bonds. The molecule has 0 radical (unpaired) electrons. The second kappa shape index (κ2) is 6.77. The number of carbonyl (C=O) groups is 2. The number of rotatable bonds is 4. The average Bonchev–Trinajstić information content (AvgIpc) is 3.26. The summed E-state index contributed by atoms with van der Waals surface area (Å²) in [5.74, 6) is -1.93. The van der Waals surface area contributed by atoms with Crippen molar-refractivity contribution < 1.29 is 18.4 Å². The summed E-state index contributed by atoms with van der Waals surface area (Å²) in [5.41, 5.74) is 1.07. The largest absolute Gasteiger partial charge is 0.350 e. The predicted molar refractivity (Wildman–Crippen MR) is 100 cm³/mol. The first kappa shape index (κ1) is 17.1. The molecule has 7 heteroatoms. The lowest BCUT2D eigenvalue weighted by molar-refractivity contribution is -0.120. The summed E-state index contributed by atoms with van der Waals surface area (Å²) in [5, 5.41) is 4.73. The molecule has 2 heterocycles. The van der Waals surface area contributed by atoms with E-state index in [0.29, 0.717) is 10.6 Å². The Bertz CT molecular complexity index is 1040. The number of nitrogens with zero attached hydrogens (tertiary/aromatic N) is 1. The molecule has 0 saturated heterocycles. The normalized spacial score (nSPS) is 14.2. The molecule has 4 rings (SSSR count). The Labute approximate surface area is 157 Å². The molecule has 0 atom stereocenters. The third-order valence-corrected chi connectivity index (χ3v) is 4.94. The van der Waals surface area contributed by atoms with Crippen LogP contribution in [-0.2, 0) is 9.59 Å². The summed E-state index contributed by atoms with van der Waals surface area (Å²) >= 11 is 1.32. The van der Waals surface area contributed by atoms with E-state index in [2.05, 4.69) is 5.32 Å². The van der Waals surface area contributed by atoms with E-state index in [-0.39, 0.29) is 17.0 Å². The molecule has 0 spiro atoms. The molecule has 0 aliphatic carbocycles. The minimum atomic E-state index is -0.556. The van der Waals surface area contributed by atoms with E-state index in [1.54, 1.807) is 17.5 Å². The number of thiophene rings is 1. The quantitative estimate of drug-likeness (QED) is 0.680. The van der Waals surface area contributed by atoms with Gasteiger partial charge in [0.25, 0.3) is 11.8 Å². The molecule has 134 valence electrons. The van der Waals surface area contributed by atoms with Crippen LogP contribution in [0.1, 0.15) is 4.88 Å². The third kappa shape index (κ3) is 3.13. The molecule has 4 nitrogen and oxygen atoms in total. The van der Waals surface area contributed by atoms with Crippen LogP contribution in [0.25, 0.3) is 5.57 Å². The monoisotopic (exact) mass is 382 g/mol. The van der Waals surface area contributed by atoms with Gasteiger partial charge < -0.3 is 5.32 Å². The Kier molecular flexibility index (Phi) is 4.29. The van der Waals surface area contributed by atoms with Gasteiger partial charge in [0.1, 0.15) is 17.3 Å². The molecule has 0 unspecified atom stereocenters. The Morgan fingerprint density at radius 3 is 2.04 bits per heavy atom. The number of nitrogens with one attached hydrogen (secondary N) is 1. The van der Waals surface area contributed by atoms with Gasteiger partial charge in [0.15, 0.2) is 0 Å². The van der Waals surface area contributed by atoms with E-state index in [1.165, 1.54) is 59.9 Å². The number of anilines is 2. The standard InChI is InChI=1S/C20H12F2N2O2S/c21-12-3-7-14(8-4-12)23-18-17(16-2-1-11-27-16)19(25)24(20(18)26)15-9-5-13(22)6-10-15/h1-11,23H. The number of benzene rings is 2. The molecule has 0 bridgehead atoms. The zero-order valence-corrected chi connectivity index (χ0v) is 14.6. The van der Waals surface area contributed by atoms with Crippen LogP contribution in [0.2, 0.25) is 0 Å². The van der Waals surface area contributed by atoms with Crippen molar-refractivity contribution in [3.05, 3.63) is 88.3 Å². The molecule has 3 aromatic rings. The number of imide groups is 1. The number of carbonyl (C=O) groups excluding carboxylic acids is 2. The van der Waals surface area contributed by atoms with Crippen molar-refractivity contribution in [1.82, 2.24) is 0 Å². The van der Waals surface area contributed by atoms with Gasteiger partial charge in [-0.25, -0.2) is 13.7 Å². The number of halogens is 2. The van der Waals surface area contributed by atoms with Crippen LogP contribution in [-0.4, -0.2) is 11.8 Å². The van der Waals surface area contributed by atoms with Gasteiger partial charge in [-0.15, -0.1) is 11.3 Å². The van der Waals surface area contributed by atoms with Gasteiger partial charge in [-0.1, -0.05) is 6.07 Å². The second-order valence-electron chi connectivity index (χ2n) is 5.78. The fourth-order valence-corrected chi connectivity index (χ4v) is 3.57. The van der Waals surface area contributed by atoms with Crippen molar-refractivity contribution in [2.45, 2.75) is 0 Å². The van der Waals surface area contributed by atoms with Crippen molar-refractivity contribution in [3.63, 3.8) is 0 Å². The van der Waals surface area contributed by atoms with Crippen LogP contribution in [0, 0.1) is 11.6 Å². The van der Waals surface area contributed by atoms with E-state index in [9.17, 15) is 18.4 Å². The average molecular weight is 382 g/mol. The van der Waals surface area contributed by atoms with Crippen molar-refractivity contribution in [2.24, 2.45) is 0 Å².